The lowest BCUT2D eigenvalue weighted by molar-refractivity contribution is -0.311. The molecule has 0 aromatic heterocycles. The lowest BCUT2D eigenvalue weighted by Crippen LogP contribution is -2.61. The summed E-state index contributed by atoms with van der Waals surface area (Å²) < 4.78 is 0. The van der Waals surface area contributed by atoms with E-state index in [1.54, 1.807) is 0 Å². The molecule has 4 rings (SSSR count). The zero-order chi connectivity index (χ0) is 18.5. The van der Waals surface area contributed by atoms with E-state index in [9.17, 15) is 5.26 Å². The average molecular weight is 354 g/mol. The Kier molecular flexibility index (Phi) is 4.54. The van der Waals surface area contributed by atoms with Crippen LogP contribution in [0.15, 0.2) is 34.8 Å². The lowest BCUT2D eigenvalue weighted by atomic mass is 9.70. The Labute approximate surface area is 156 Å². The van der Waals surface area contributed by atoms with E-state index in [0.717, 1.165) is 48.5 Å². The number of fused-ring (bicyclic) bond motifs is 5. The Morgan fingerprint density at radius 1 is 1.46 bits per heavy atom. The fraction of sp³-hybridized carbons (Fsp3) is 0.591. The number of aliphatic imine (C=N–C) groups is 1. The summed E-state index contributed by atoms with van der Waals surface area (Å²) in [5, 5.41) is 10.0. The maximum atomic E-state index is 10.0. The maximum absolute atomic E-state index is 10.0. The quantitative estimate of drug-likeness (QED) is 0.479. The summed E-state index contributed by atoms with van der Waals surface area (Å²) >= 11 is 0. The van der Waals surface area contributed by atoms with Crippen LogP contribution >= 0.6 is 0 Å². The third kappa shape index (κ3) is 2.43. The van der Waals surface area contributed by atoms with Gasteiger partial charge in [0.25, 0.3) is 0 Å². The smallest absolute Gasteiger partial charge is 0.171 e. The first kappa shape index (κ1) is 17.9. The molecule has 1 aromatic carbocycles. The molecule has 4 atom stereocenters. The van der Waals surface area contributed by atoms with Crippen molar-refractivity contribution in [1.82, 2.24) is 4.90 Å². The molecule has 0 unspecified atom stereocenters. The second kappa shape index (κ2) is 6.59. The van der Waals surface area contributed by atoms with E-state index in [1.165, 1.54) is 12.0 Å². The molecule has 4 heteroatoms. The minimum Gasteiger partial charge on any atom is -0.295 e. The van der Waals surface area contributed by atoms with Gasteiger partial charge in [0.05, 0.1) is 17.4 Å². The van der Waals surface area contributed by atoms with Gasteiger partial charge in [-0.2, -0.15) is 0 Å². The molecule has 1 N–H and O–H groups in total. The molecule has 1 aromatic rings. The van der Waals surface area contributed by atoms with Crippen molar-refractivity contribution in [3.63, 3.8) is 0 Å². The van der Waals surface area contributed by atoms with Crippen molar-refractivity contribution in [2.45, 2.75) is 58.6 Å². The Balaban J connectivity index is 1.76. The average Bonchev–Trinajstić information content (AvgIpc) is 3.02. The zero-order valence-corrected chi connectivity index (χ0v) is 16.3. The van der Waals surface area contributed by atoms with Crippen molar-refractivity contribution in [3.05, 3.63) is 41.0 Å². The summed E-state index contributed by atoms with van der Waals surface area (Å²) in [6, 6.07) is 6.42. The number of piperidine rings is 2. The van der Waals surface area contributed by atoms with Gasteiger partial charge in [0, 0.05) is 25.1 Å². The van der Waals surface area contributed by atoms with Gasteiger partial charge in [-0.25, -0.2) is 4.89 Å². The van der Waals surface area contributed by atoms with Gasteiger partial charge in [0.2, 0.25) is 0 Å². The van der Waals surface area contributed by atoms with Crippen LogP contribution in [0.1, 0.15) is 51.2 Å². The summed E-state index contributed by atoms with van der Waals surface area (Å²) in [5.74, 6) is 1.27. The van der Waals surface area contributed by atoms with E-state index in [4.69, 9.17) is 9.88 Å². The van der Waals surface area contributed by atoms with Gasteiger partial charge in [0.1, 0.15) is 0 Å². The van der Waals surface area contributed by atoms with Crippen LogP contribution in [0.2, 0.25) is 0 Å². The van der Waals surface area contributed by atoms with Crippen molar-refractivity contribution in [1.29, 1.82) is 0 Å². The van der Waals surface area contributed by atoms with E-state index in [0.29, 0.717) is 11.8 Å². The predicted molar refractivity (Wildman–Crippen MR) is 105 cm³/mol. The summed E-state index contributed by atoms with van der Waals surface area (Å²) in [5.41, 5.74) is 4.91. The second-order valence-electron chi connectivity index (χ2n) is 8.19. The Bertz CT molecular complexity index is 769. The molecule has 140 valence electrons. The van der Waals surface area contributed by atoms with E-state index < -0.39 is 5.60 Å². The molecular formula is C22H30N2O2. The first-order chi connectivity index (χ1) is 12.6. The van der Waals surface area contributed by atoms with Gasteiger partial charge in [-0.1, -0.05) is 37.1 Å². The number of aryl methyl sites for hydroxylation is 1. The largest absolute Gasteiger partial charge is 0.295 e. The Hall–Kier alpha value is -1.49. The van der Waals surface area contributed by atoms with Gasteiger partial charge in [-0.15, -0.1) is 0 Å². The topological polar surface area (TPSA) is 45.1 Å². The fourth-order valence-corrected chi connectivity index (χ4v) is 5.51. The highest BCUT2D eigenvalue weighted by atomic mass is 17.1. The van der Waals surface area contributed by atoms with Gasteiger partial charge in [-0.05, 0) is 50.7 Å². The van der Waals surface area contributed by atoms with Crippen molar-refractivity contribution in [3.8, 4) is 0 Å². The summed E-state index contributed by atoms with van der Waals surface area (Å²) in [6.07, 6.45) is 5.29. The minimum absolute atomic E-state index is 0.241. The molecule has 0 aliphatic carbocycles. The highest BCUT2D eigenvalue weighted by Crippen LogP contribution is 2.51. The first-order valence-electron chi connectivity index (χ1n) is 9.94. The minimum atomic E-state index is -0.755. The van der Waals surface area contributed by atoms with Crippen molar-refractivity contribution >= 4 is 11.4 Å². The number of nitrogens with zero attached hydrogens (tertiary/aromatic N) is 2. The van der Waals surface area contributed by atoms with Gasteiger partial charge >= 0.3 is 0 Å². The molecule has 2 fully saturated rings. The second-order valence-corrected chi connectivity index (χ2v) is 8.19. The Morgan fingerprint density at radius 3 is 2.96 bits per heavy atom. The summed E-state index contributed by atoms with van der Waals surface area (Å²) in [7, 11) is 0. The number of hydrogen-bond acceptors (Lipinski definition) is 4. The van der Waals surface area contributed by atoms with E-state index in [1.807, 2.05) is 12.1 Å². The summed E-state index contributed by atoms with van der Waals surface area (Å²) in [4.78, 5) is 12.8. The Morgan fingerprint density at radius 2 is 2.27 bits per heavy atom. The third-order valence-electron chi connectivity index (χ3n) is 7.05. The number of benzene rings is 1. The normalized spacial score (nSPS) is 34.1. The molecule has 0 spiro atoms. The number of hydrogen-bond donors (Lipinski definition) is 1. The van der Waals surface area contributed by atoms with Crippen molar-refractivity contribution < 1.29 is 10.1 Å². The van der Waals surface area contributed by atoms with Crippen molar-refractivity contribution in [2.24, 2.45) is 16.8 Å². The first-order valence-corrected chi connectivity index (χ1v) is 9.94. The summed E-state index contributed by atoms with van der Waals surface area (Å²) in [6.45, 7) is 10.8. The van der Waals surface area contributed by atoms with Crippen LogP contribution in [0.25, 0.3) is 0 Å². The molecular weight excluding hydrogens is 324 g/mol. The van der Waals surface area contributed by atoms with E-state index in [2.05, 4.69) is 44.7 Å². The van der Waals surface area contributed by atoms with Crippen LogP contribution < -0.4 is 0 Å². The standard InChI is InChI=1S/C22H30N2O2/c1-5-14(3)17-12-19-21-22(26-25,10-11-24(19)13-16(17)6-2)20-15(4)8-7-9-18(20)23-21/h5,7-9,16-17,19,25H,6,10-13H2,1-4H3/t16-,17-,19+,22+/m1/s1. The molecule has 2 saturated heterocycles. The van der Waals surface area contributed by atoms with Crippen LogP contribution in [0.4, 0.5) is 5.69 Å². The highest BCUT2D eigenvalue weighted by Gasteiger charge is 2.55. The van der Waals surface area contributed by atoms with Gasteiger partial charge in [-0.3, -0.25) is 15.1 Å². The molecule has 3 aliphatic heterocycles. The van der Waals surface area contributed by atoms with Crippen LogP contribution in [0.5, 0.6) is 0 Å². The molecule has 0 amide bonds. The van der Waals surface area contributed by atoms with Crippen LogP contribution in [0, 0.1) is 18.8 Å². The molecule has 3 heterocycles. The van der Waals surface area contributed by atoms with Crippen LogP contribution in [-0.2, 0) is 10.5 Å². The maximum Gasteiger partial charge on any atom is 0.171 e. The van der Waals surface area contributed by atoms with E-state index in [-0.39, 0.29) is 6.04 Å². The van der Waals surface area contributed by atoms with Gasteiger partial charge < -0.3 is 0 Å². The number of rotatable bonds is 3. The molecule has 0 saturated carbocycles. The van der Waals surface area contributed by atoms with Gasteiger partial charge in [0.15, 0.2) is 5.60 Å². The van der Waals surface area contributed by atoms with E-state index >= 15 is 0 Å². The highest BCUT2D eigenvalue weighted by molar-refractivity contribution is 6.05. The van der Waals surface area contributed by atoms with Crippen LogP contribution in [0.3, 0.4) is 0 Å². The SMILES string of the molecule is CC=C(C)[C@H]1C[C@H]2C3=Nc4cccc(C)c4[C@@]3(OO)CCN2C[C@H]1CC. The van der Waals surface area contributed by atoms with Crippen LogP contribution in [-0.4, -0.2) is 35.0 Å². The predicted octanol–water partition coefficient (Wildman–Crippen LogP) is 4.85. The molecule has 3 aliphatic rings. The molecule has 0 bridgehead atoms. The number of allylic oxidation sites excluding steroid dienone is 2. The third-order valence-corrected chi connectivity index (χ3v) is 7.05. The molecule has 26 heavy (non-hydrogen) atoms. The fourth-order valence-electron chi connectivity index (χ4n) is 5.51. The zero-order valence-electron chi connectivity index (χ0n) is 16.3. The monoisotopic (exact) mass is 354 g/mol. The molecule has 0 radical (unpaired) electrons. The molecule has 4 nitrogen and oxygen atoms in total. The lowest BCUT2D eigenvalue weighted by Gasteiger charge is -2.50. The van der Waals surface area contributed by atoms with Crippen molar-refractivity contribution in [2.75, 3.05) is 13.1 Å².